The summed E-state index contributed by atoms with van der Waals surface area (Å²) in [6, 6.07) is 6.20. The predicted octanol–water partition coefficient (Wildman–Crippen LogP) is 4.68. The van der Waals surface area contributed by atoms with E-state index in [-0.39, 0.29) is 16.8 Å². The monoisotopic (exact) mass is 356 g/mol. The van der Waals surface area contributed by atoms with Crippen LogP contribution in [0.3, 0.4) is 0 Å². The summed E-state index contributed by atoms with van der Waals surface area (Å²) < 4.78 is 18.9. The number of nitrogens with zero attached hydrogens (tertiary/aromatic N) is 2. The number of aromatic nitrogens is 2. The first-order valence-corrected chi connectivity index (χ1v) is 8.78. The Hall–Kier alpha value is -2.64. The zero-order valence-electron chi connectivity index (χ0n) is 12.1. The number of hydrogen-bond acceptors (Lipinski definition) is 6. The molecule has 4 aromatic rings. The normalized spacial score (nSPS) is 11.5. The van der Waals surface area contributed by atoms with Crippen molar-refractivity contribution in [2.45, 2.75) is 0 Å². The molecule has 4 nitrogen and oxygen atoms in total. The molecule has 3 heterocycles. The van der Waals surface area contributed by atoms with E-state index in [1.807, 2.05) is 22.2 Å². The first-order valence-electron chi connectivity index (χ1n) is 6.96. The number of thiophene rings is 1. The molecule has 0 N–H and O–H groups in total. The van der Waals surface area contributed by atoms with Gasteiger partial charge in [-0.1, -0.05) is 6.07 Å². The van der Waals surface area contributed by atoms with Gasteiger partial charge in [-0.2, -0.15) is 11.3 Å². The van der Waals surface area contributed by atoms with Gasteiger partial charge in [-0.15, -0.1) is 11.3 Å². The van der Waals surface area contributed by atoms with Crippen LogP contribution in [0.5, 0.6) is 0 Å². The Morgan fingerprint density at radius 1 is 1.12 bits per heavy atom. The van der Waals surface area contributed by atoms with Gasteiger partial charge in [0, 0.05) is 22.4 Å². The van der Waals surface area contributed by atoms with Crippen LogP contribution in [0.2, 0.25) is 0 Å². The highest BCUT2D eigenvalue weighted by atomic mass is 32.1. The molecule has 0 saturated heterocycles. The first kappa shape index (κ1) is 14.9. The number of hydrogen-bond donors (Lipinski definition) is 0. The Labute approximate surface area is 143 Å². The number of thiazole rings is 1. The minimum atomic E-state index is -0.614. The molecule has 0 radical (unpaired) electrons. The summed E-state index contributed by atoms with van der Waals surface area (Å²) in [4.78, 5) is 20.4. The van der Waals surface area contributed by atoms with Crippen molar-refractivity contribution < 1.29 is 8.81 Å². The van der Waals surface area contributed by atoms with Crippen molar-refractivity contribution in [3.05, 3.63) is 68.2 Å². The molecule has 0 unspecified atom stereocenters. The fourth-order valence-corrected chi connectivity index (χ4v) is 3.69. The lowest BCUT2D eigenvalue weighted by atomic mass is 10.2. The van der Waals surface area contributed by atoms with Gasteiger partial charge in [0.2, 0.25) is 5.89 Å². The highest BCUT2D eigenvalue weighted by Gasteiger charge is 2.08. The predicted molar refractivity (Wildman–Crippen MR) is 94.6 cm³/mol. The summed E-state index contributed by atoms with van der Waals surface area (Å²) in [5.74, 6) is -0.508. The molecule has 0 fully saturated rings. The van der Waals surface area contributed by atoms with Gasteiger partial charge in [-0.05, 0) is 29.7 Å². The van der Waals surface area contributed by atoms with Crippen molar-refractivity contribution in [2.24, 2.45) is 0 Å². The van der Waals surface area contributed by atoms with Crippen molar-refractivity contribution in [1.29, 1.82) is 0 Å². The van der Waals surface area contributed by atoms with Gasteiger partial charge in [0.1, 0.15) is 16.3 Å². The first-order chi connectivity index (χ1) is 11.7. The van der Waals surface area contributed by atoms with Crippen LogP contribution in [0.15, 0.2) is 49.6 Å². The van der Waals surface area contributed by atoms with E-state index in [0.717, 1.165) is 16.3 Å². The second-order valence-electron chi connectivity index (χ2n) is 4.90. The summed E-state index contributed by atoms with van der Waals surface area (Å²) in [5, 5.41) is 6.95. The largest absolute Gasteiger partial charge is 0.404 e. The average Bonchev–Trinajstić information content (AvgIpc) is 3.25. The van der Waals surface area contributed by atoms with E-state index < -0.39 is 11.4 Å². The van der Waals surface area contributed by atoms with Crippen LogP contribution in [-0.4, -0.2) is 9.97 Å². The summed E-state index contributed by atoms with van der Waals surface area (Å²) in [7, 11) is 0. The van der Waals surface area contributed by atoms with E-state index in [1.54, 1.807) is 17.4 Å². The molecule has 0 bridgehead atoms. The number of rotatable bonds is 3. The zero-order valence-corrected chi connectivity index (χ0v) is 13.7. The van der Waals surface area contributed by atoms with Gasteiger partial charge in [0.05, 0.1) is 11.1 Å². The molecular weight excluding hydrogens is 347 g/mol. The molecule has 0 aliphatic heterocycles. The Morgan fingerprint density at radius 2 is 2.04 bits per heavy atom. The molecular formula is C17H9FN2O2S2. The number of halogens is 1. The zero-order chi connectivity index (χ0) is 16.5. The molecule has 0 aliphatic rings. The van der Waals surface area contributed by atoms with E-state index in [4.69, 9.17) is 4.42 Å². The Bertz CT molecular complexity index is 1100. The molecule has 0 spiro atoms. The van der Waals surface area contributed by atoms with Crippen molar-refractivity contribution in [3.8, 4) is 10.6 Å². The van der Waals surface area contributed by atoms with E-state index in [0.29, 0.717) is 0 Å². The van der Waals surface area contributed by atoms with Crippen LogP contribution >= 0.6 is 22.7 Å². The lowest BCUT2D eigenvalue weighted by Crippen LogP contribution is -2.04. The molecule has 118 valence electrons. The van der Waals surface area contributed by atoms with Crippen molar-refractivity contribution >= 4 is 45.7 Å². The molecule has 3 aromatic heterocycles. The highest BCUT2D eigenvalue weighted by Crippen LogP contribution is 2.26. The molecule has 0 amide bonds. The van der Waals surface area contributed by atoms with Gasteiger partial charge >= 0.3 is 5.63 Å². The van der Waals surface area contributed by atoms with Crippen LogP contribution < -0.4 is 5.63 Å². The van der Waals surface area contributed by atoms with Crippen LogP contribution in [0.1, 0.15) is 11.6 Å². The third-order valence-corrected chi connectivity index (χ3v) is 4.91. The van der Waals surface area contributed by atoms with Gasteiger partial charge in [0.15, 0.2) is 0 Å². The maximum absolute atomic E-state index is 13.8. The fraction of sp³-hybridized carbons (Fsp3) is 0. The maximum Gasteiger partial charge on any atom is 0.347 e. The molecule has 0 aliphatic carbocycles. The van der Waals surface area contributed by atoms with Gasteiger partial charge in [-0.3, -0.25) is 0 Å². The van der Waals surface area contributed by atoms with Crippen LogP contribution in [0.4, 0.5) is 4.39 Å². The van der Waals surface area contributed by atoms with Gasteiger partial charge < -0.3 is 4.42 Å². The average molecular weight is 356 g/mol. The molecule has 24 heavy (non-hydrogen) atoms. The Kier molecular flexibility index (Phi) is 3.79. The van der Waals surface area contributed by atoms with Crippen LogP contribution in [0, 0.1) is 5.82 Å². The summed E-state index contributed by atoms with van der Waals surface area (Å²) in [6.07, 6.45) is 3.20. The van der Waals surface area contributed by atoms with Crippen molar-refractivity contribution in [1.82, 2.24) is 9.97 Å². The third-order valence-electron chi connectivity index (χ3n) is 3.31. The number of para-hydroxylation sites is 1. The van der Waals surface area contributed by atoms with Crippen LogP contribution in [0.25, 0.3) is 33.6 Å². The van der Waals surface area contributed by atoms with Crippen molar-refractivity contribution in [3.63, 3.8) is 0 Å². The molecule has 7 heteroatoms. The van der Waals surface area contributed by atoms with E-state index in [2.05, 4.69) is 9.97 Å². The van der Waals surface area contributed by atoms with E-state index >= 15 is 0 Å². The fourth-order valence-electron chi connectivity index (χ4n) is 2.19. The lowest BCUT2D eigenvalue weighted by Gasteiger charge is -1.98. The molecule has 0 saturated carbocycles. The van der Waals surface area contributed by atoms with Gasteiger partial charge in [-0.25, -0.2) is 19.2 Å². The van der Waals surface area contributed by atoms with E-state index in [1.165, 1.54) is 35.6 Å². The maximum atomic E-state index is 13.8. The second-order valence-corrected chi connectivity index (χ2v) is 6.54. The summed E-state index contributed by atoms with van der Waals surface area (Å²) >= 11 is 3.13. The lowest BCUT2D eigenvalue weighted by molar-refractivity contribution is 0.488. The minimum Gasteiger partial charge on any atom is -0.404 e. The van der Waals surface area contributed by atoms with Gasteiger partial charge in [0.25, 0.3) is 0 Å². The quantitative estimate of drug-likeness (QED) is 0.535. The molecule has 0 atom stereocenters. The number of benzene rings is 1. The van der Waals surface area contributed by atoms with Crippen LogP contribution in [-0.2, 0) is 0 Å². The molecule has 4 rings (SSSR count). The second kappa shape index (κ2) is 6.10. The Balaban J connectivity index is 1.68. The summed E-state index contributed by atoms with van der Waals surface area (Å²) in [6.45, 7) is 0. The van der Waals surface area contributed by atoms with E-state index in [9.17, 15) is 9.18 Å². The minimum absolute atomic E-state index is 0.00522. The highest BCUT2D eigenvalue weighted by molar-refractivity contribution is 7.14. The number of fused-ring (bicyclic) bond motifs is 1. The standard InChI is InChI=1S/C17H9FN2O2S2/c18-13-3-1-2-12-15(13)20-14(22-17(12)21)5-4-11-9-24-16(19-11)10-6-7-23-8-10/h1-9H/b5-4+. The summed E-state index contributed by atoms with van der Waals surface area (Å²) in [5.41, 5.74) is 1.18. The Morgan fingerprint density at radius 3 is 2.88 bits per heavy atom. The third kappa shape index (κ3) is 2.79. The smallest absolute Gasteiger partial charge is 0.347 e. The SMILES string of the molecule is O=c1oc(/C=C/c2csc(-c3ccsc3)n2)nc2c(F)cccc12. The van der Waals surface area contributed by atoms with Crippen molar-refractivity contribution in [2.75, 3.05) is 0 Å². The topological polar surface area (TPSA) is 56.0 Å². The molecule has 1 aromatic carbocycles.